The number of para-hydroxylation sites is 2. The average Bonchev–Trinajstić information content (AvgIpc) is 2.61. The zero-order chi connectivity index (χ0) is 20.1. The van der Waals surface area contributed by atoms with Crippen molar-refractivity contribution in [3.05, 3.63) is 100 Å². The molecule has 140 valence electrons. The van der Waals surface area contributed by atoms with E-state index in [-0.39, 0.29) is 22.9 Å². The second-order valence-electron chi connectivity index (χ2n) is 5.04. The molecule has 2 rings (SSSR count). The van der Waals surface area contributed by atoms with Crippen molar-refractivity contribution >= 4 is 23.1 Å². The Hall–Kier alpha value is -3.61. The van der Waals surface area contributed by atoms with Crippen molar-refractivity contribution in [3.63, 3.8) is 0 Å². The van der Waals surface area contributed by atoms with Crippen molar-refractivity contribution in [1.82, 2.24) is 0 Å². The molecule has 0 spiro atoms. The molecule has 0 N–H and O–H groups in total. The number of benzene rings is 2. The van der Waals surface area contributed by atoms with Gasteiger partial charge in [-0.1, -0.05) is 24.3 Å². The van der Waals surface area contributed by atoms with E-state index in [0.717, 1.165) is 24.3 Å². The van der Waals surface area contributed by atoms with Crippen LogP contribution in [-0.2, 0) is 0 Å². The molecule has 0 aliphatic heterocycles. The monoisotopic (exact) mass is 394 g/mol. The van der Waals surface area contributed by atoms with Crippen molar-refractivity contribution in [2.75, 3.05) is 0 Å². The maximum atomic E-state index is 11.5. The van der Waals surface area contributed by atoms with Crippen LogP contribution < -0.4 is 0 Å². The van der Waals surface area contributed by atoms with Crippen LogP contribution in [-0.4, -0.2) is 19.7 Å². The number of hydrogen-bond acceptors (Lipinski definition) is 9. The zero-order valence-electron chi connectivity index (χ0n) is 13.2. The van der Waals surface area contributed by atoms with Gasteiger partial charge in [-0.25, -0.2) is 0 Å². The summed E-state index contributed by atoms with van der Waals surface area (Å²) in [6.07, 6.45) is 0. The van der Waals surface area contributed by atoms with Crippen LogP contribution in [0, 0.1) is 40.5 Å². The molecule has 0 amide bonds. The van der Waals surface area contributed by atoms with Gasteiger partial charge in [0.25, 0.3) is 22.1 Å². The van der Waals surface area contributed by atoms with Crippen LogP contribution in [0.25, 0.3) is 0 Å². The highest BCUT2D eigenvalue weighted by atomic mass is 32.2. The second-order valence-corrected chi connectivity index (χ2v) is 6.21. The van der Waals surface area contributed by atoms with E-state index in [9.17, 15) is 40.5 Å². The molecule has 12 nitrogen and oxygen atoms in total. The molecule has 27 heavy (non-hydrogen) atoms. The van der Waals surface area contributed by atoms with Gasteiger partial charge in [-0.05, 0) is 12.1 Å². The van der Waals surface area contributed by atoms with Crippen LogP contribution in [0.3, 0.4) is 0 Å². The average molecular weight is 394 g/mol. The third-order valence-corrected chi connectivity index (χ3v) is 4.81. The van der Waals surface area contributed by atoms with E-state index in [4.69, 9.17) is 0 Å². The fraction of sp³-hybridized carbons (Fsp3) is 0.143. The summed E-state index contributed by atoms with van der Waals surface area (Å²) in [7, 11) is 0. The Bertz CT molecular complexity index is 848. The maximum Gasteiger partial charge on any atom is 0.296 e. The molecule has 0 heterocycles. The van der Waals surface area contributed by atoms with Crippen molar-refractivity contribution in [1.29, 1.82) is 0 Å². The molecular formula is C14H10N4O8S. The van der Waals surface area contributed by atoms with Crippen molar-refractivity contribution in [2.45, 2.75) is 10.7 Å². The summed E-state index contributed by atoms with van der Waals surface area (Å²) in [6, 6.07) is 9.57. The lowest BCUT2D eigenvalue weighted by Crippen LogP contribution is -2.16. The van der Waals surface area contributed by atoms with Gasteiger partial charge >= 0.3 is 0 Å². The Balaban J connectivity index is 2.54. The fourth-order valence-electron chi connectivity index (χ4n) is 2.32. The second kappa shape index (κ2) is 8.18. The summed E-state index contributed by atoms with van der Waals surface area (Å²) >= 11 is 0.168. The Morgan fingerprint density at radius 2 is 0.963 bits per heavy atom. The predicted octanol–water partition coefficient (Wildman–Crippen LogP) is 3.49. The molecule has 2 aromatic rings. The first kappa shape index (κ1) is 19.7. The van der Waals surface area contributed by atoms with Gasteiger partial charge in [0.15, 0.2) is 0 Å². The summed E-state index contributed by atoms with van der Waals surface area (Å²) < 4.78 is 0. The Labute approximate surface area is 154 Å². The first-order chi connectivity index (χ1) is 12.7. The highest BCUT2D eigenvalue weighted by molar-refractivity contribution is 7.99. The van der Waals surface area contributed by atoms with Crippen molar-refractivity contribution in [2.24, 2.45) is 0 Å². The third kappa shape index (κ3) is 4.33. The molecule has 0 bridgehead atoms. The molecular weight excluding hydrogens is 384 g/mol. The Kier molecular flexibility index (Phi) is 5.97. The van der Waals surface area contributed by atoms with E-state index in [1.807, 2.05) is 0 Å². The largest absolute Gasteiger partial charge is 0.296 e. The zero-order valence-corrected chi connectivity index (χ0v) is 14.1. The van der Waals surface area contributed by atoms with Crippen LogP contribution in [0.1, 0.15) is 21.9 Å². The summed E-state index contributed by atoms with van der Waals surface area (Å²) in [4.78, 5) is 41.8. The van der Waals surface area contributed by atoms with Gasteiger partial charge in [-0.15, -0.1) is 0 Å². The summed E-state index contributed by atoms with van der Waals surface area (Å²) in [5.74, 6) is 0. The minimum Gasteiger partial charge on any atom is -0.263 e. The topological polar surface area (TPSA) is 173 Å². The van der Waals surface area contributed by atoms with Gasteiger partial charge in [0, 0.05) is 33.7 Å². The van der Waals surface area contributed by atoms with E-state index < -0.39 is 41.8 Å². The molecule has 0 radical (unpaired) electrons. The molecule has 0 fully saturated rings. The van der Waals surface area contributed by atoms with Gasteiger partial charge in [-0.2, -0.15) is 0 Å². The summed E-state index contributed by atoms with van der Waals surface area (Å²) in [5, 5.41) is 41.5. The molecule has 0 aromatic heterocycles. The SMILES string of the molecule is O=[N+]([O-])c1ccccc1C(SC(c1ccccc1[N+](=O)[O-])[N+](=O)[O-])[N+](=O)[O-]. The lowest BCUT2D eigenvalue weighted by Gasteiger charge is -2.13. The smallest absolute Gasteiger partial charge is 0.263 e. The minimum atomic E-state index is -1.87. The van der Waals surface area contributed by atoms with Crippen LogP contribution in [0.5, 0.6) is 0 Å². The molecule has 0 aliphatic rings. The number of nitro benzene ring substituents is 2. The minimum absolute atomic E-state index is 0.168. The van der Waals surface area contributed by atoms with Gasteiger partial charge < -0.3 is 0 Å². The quantitative estimate of drug-likeness (QED) is 0.369. The molecule has 0 saturated carbocycles. The lowest BCUT2D eigenvalue weighted by molar-refractivity contribution is -0.515. The van der Waals surface area contributed by atoms with Crippen LogP contribution in [0.4, 0.5) is 11.4 Å². The molecule has 2 aromatic carbocycles. The predicted molar refractivity (Wildman–Crippen MR) is 93.3 cm³/mol. The Morgan fingerprint density at radius 3 is 1.26 bits per heavy atom. The van der Waals surface area contributed by atoms with Crippen molar-refractivity contribution < 1.29 is 19.7 Å². The Morgan fingerprint density at radius 1 is 0.630 bits per heavy atom. The highest BCUT2D eigenvalue weighted by Gasteiger charge is 2.41. The molecule has 2 unspecified atom stereocenters. The maximum absolute atomic E-state index is 11.5. The molecule has 0 aliphatic carbocycles. The highest BCUT2D eigenvalue weighted by Crippen LogP contribution is 2.45. The van der Waals surface area contributed by atoms with Crippen LogP contribution in [0.15, 0.2) is 48.5 Å². The fourth-order valence-corrected chi connectivity index (χ4v) is 3.46. The van der Waals surface area contributed by atoms with Crippen LogP contribution >= 0.6 is 11.8 Å². The third-order valence-electron chi connectivity index (χ3n) is 3.44. The number of thioether (sulfide) groups is 1. The van der Waals surface area contributed by atoms with E-state index in [1.54, 1.807) is 0 Å². The first-order valence-electron chi connectivity index (χ1n) is 7.13. The number of hydrogen-bond donors (Lipinski definition) is 0. The molecule has 0 saturated heterocycles. The van der Waals surface area contributed by atoms with Gasteiger partial charge in [0.2, 0.25) is 0 Å². The molecule has 2 atom stereocenters. The lowest BCUT2D eigenvalue weighted by atomic mass is 10.2. The number of nitrogens with zero attached hydrogens (tertiary/aromatic N) is 4. The normalized spacial score (nSPS) is 12.7. The van der Waals surface area contributed by atoms with E-state index in [0.29, 0.717) is 0 Å². The number of nitro groups is 4. The van der Waals surface area contributed by atoms with Crippen molar-refractivity contribution in [3.8, 4) is 0 Å². The summed E-state index contributed by atoms with van der Waals surface area (Å²) in [5.41, 5.74) is -1.83. The summed E-state index contributed by atoms with van der Waals surface area (Å²) in [6.45, 7) is 0. The van der Waals surface area contributed by atoms with E-state index in [2.05, 4.69) is 0 Å². The van der Waals surface area contributed by atoms with Gasteiger partial charge in [0.1, 0.15) is 11.1 Å². The van der Waals surface area contributed by atoms with E-state index in [1.165, 1.54) is 24.3 Å². The van der Waals surface area contributed by atoms with Gasteiger partial charge in [0.05, 0.1) is 9.85 Å². The van der Waals surface area contributed by atoms with E-state index >= 15 is 0 Å². The molecule has 13 heteroatoms. The first-order valence-corrected chi connectivity index (χ1v) is 8.07. The van der Waals surface area contributed by atoms with Crippen LogP contribution in [0.2, 0.25) is 0 Å². The number of rotatable bonds is 8. The van der Waals surface area contributed by atoms with Gasteiger partial charge in [-0.3, -0.25) is 40.5 Å². The standard InChI is InChI=1S/C14H10N4O8S/c19-15(20)11-7-3-1-5-9(11)13(17(23)24)27-14(18(25)26)10-6-2-4-8-12(10)16(21)22/h1-8,13-14H.